The highest BCUT2D eigenvalue weighted by Gasteiger charge is 2.32. The van der Waals surface area contributed by atoms with Crippen LogP contribution < -0.4 is 0 Å². The van der Waals surface area contributed by atoms with Gasteiger partial charge in [-0.1, -0.05) is 25.7 Å². The number of aliphatic hydroxyl groups excluding tert-OH is 1. The molecule has 1 aromatic rings. The number of rotatable bonds is 1. The molecule has 0 atom stereocenters. The fourth-order valence-electron chi connectivity index (χ4n) is 2.18. The summed E-state index contributed by atoms with van der Waals surface area (Å²) in [6.45, 7) is 5.73. The molecule has 4 nitrogen and oxygen atoms in total. The van der Waals surface area contributed by atoms with Gasteiger partial charge < -0.3 is 10.0 Å². The third-order valence-corrected chi connectivity index (χ3v) is 3.26. The molecule has 0 radical (unpaired) electrons. The summed E-state index contributed by atoms with van der Waals surface area (Å²) >= 11 is 0. The fourth-order valence-corrected chi connectivity index (χ4v) is 2.18. The Morgan fingerprint density at radius 3 is 2.84 bits per heavy atom. The maximum Gasteiger partial charge on any atom is 0.272 e. The highest BCUT2D eigenvalue weighted by molar-refractivity contribution is 5.92. The molecule has 2 rings (SSSR count). The average molecular weight is 258 g/mol. The molecule has 2 heterocycles. The van der Waals surface area contributed by atoms with Gasteiger partial charge in [-0.3, -0.25) is 4.79 Å². The highest BCUT2D eigenvalue weighted by Crippen LogP contribution is 2.29. The maximum absolute atomic E-state index is 12.2. The standard InChI is InChI=1S/C15H18N2O2/c1-15(2)7-8-17(11-15)14(19)13-6-5-12(10-16-13)4-3-9-18/h5-6,10,18H,7-9,11H2,1-2H3. The molecule has 0 aromatic carbocycles. The van der Waals surface area contributed by atoms with Crippen LogP contribution in [-0.4, -0.2) is 40.6 Å². The van der Waals surface area contributed by atoms with E-state index in [0.717, 1.165) is 19.5 Å². The van der Waals surface area contributed by atoms with Gasteiger partial charge >= 0.3 is 0 Å². The van der Waals surface area contributed by atoms with Crippen LogP contribution in [0.2, 0.25) is 0 Å². The topological polar surface area (TPSA) is 53.4 Å². The average Bonchev–Trinajstić information content (AvgIpc) is 2.76. The van der Waals surface area contributed by atoms with E-state index in [0.29, 0.717) is 11.3 Å². The van der Waals surface area contributed by atoms with Gasteiger partial charge in [0.05, 0.1) is 0 Å². The largest absolute Gasteiger partial charge is 0.384 e. The summed E-state index contributed by atoms with van der Waals surface area (Å²) in [7, 11) is 0. The molecule has 19 heavy (non-hydrogen) atoms. The first-order valence-corrected chi connectivity index (χ1v) is 6.37. The van der Waals surface area contributed by atoms with Crippen LogP contribution in [0.1, 0.15) is 36.3 Å². The van der Waals surface area contributed by atoms with Gasteiger partial charge in [-0.15, -0.1) is 0 Å². The summed E-state index contributed by atoms with van der Waals surface area (Å²) in [5.74, 6) is 5.28. The summed E-state index contributed by atoms with van der Waals surface area (Å²) in [6.07, 6.45) is 2.59. The first-order chi connectivity index (χ1) is 9.02. The first kappa shape index (κ1) is 13.6. The van der Waals surface area contributed by atoms with Gasteiger partial charge in [0.2, 0.25) is 0 Å². The van der Waals surface area contributed by atoms with Crippen molar-refractivity contribution in [3.8, 4) is 11.8 Å². The first-order valence-electron chi connectivity index (χ1n) is 6.37. The molecular formula is C15H18N2O2. The number of carbonyl (C=O) groups excluding carboxylic acids is 1. The van der Waals surface area contributed by atoms with Crippen molar-refractivity contribution in [1.29, 1.82) is 0 Å². The minimum atomic E-state index is -0.177. The second-order valence-corrected chi connectivity index (χ2v) is 5.53. The number of carbonyl (C=O) groups is 1. The van der Waals surface area contributed by atoms with Crippen molar-refractivity contribution in [2.24, 2.45) is 5.41 Å². The van der Waals surface area contributed by atoms with E-state index in [4.69, 9.17) is 5.11 Å². The number of amides is 1. The van der Waals surface area contributed by atoms with Crippen molar-refractivity contribution < 1.29 is 9.90 Å². The SMILES string of the molecule is CC1(C)CCN(C(=O)c2ccc(C#CCO)cn2)C1. The Morgan fingerprint density at radius 2 is 2.32 bits per heavy atom. The van der Waals surface area contributed by atoms with Crippen LogP contribution in [0.5, 0.6) is 0 Å². The van der Waals surface area contributed by atoms with Crippen molar-refractivity contribution in [3.05, 3.63) is 29.6 Å². The number of hydrogen-bond acceptors (Lipinski definition) is 3. The van der Waals surface area contributed by atoms with Crippen LogP contribution in [-0.2, 0) is 0 Å². The molecular weight excluding hydrogens is 240 g/mol. The molecule has 0 bridgehead atoms. The molecule has 100 valence electrons. The van der Waals surface area contributed by atoms with E-state index in [1.807, 2.05) is 4.90 Å². The van der Waals surface area contributed by atoms with Gasteiger partial charge in [-0.05, 0) is 24.0 Å². The smallest absolute Gasteiger partial charge is 0.272 e. The monoisotopic (exact) mass is 258 g/mol. The molecule has 0 aliphatic carbocycles. The summed E-state index contributed by atoms with van der Waals surface area (Å²) in [5, 5.41) is 8.61. The van der Waals surface area contributed by atoms with Crippen molar-refractivity contribution in [1.82, 2.24) is 9.88 Å². The highest BCUT2D eigenvalue weighted by atomic mass is 16.2. The molecule has 0 spiro atoms. The predicted molar refractivity (Wildman–Crippen MR) is 72.5 cm³/mol. The lowest BCUT2D eigenvalue weighted by Gasteiger charge is -2.19. The second kappa shape index (κ2) is 5.41. The minimum absolute atomic E-state index is 0.0211. The fraction of sp³-hybridized carbons (Fsp3) is 0.467. The van der Waals surface area contributed by atoms with E-state index >= 15 is 0 Å². The van der Waals surface area contributed by atoms with E-state index in [1.54, 1.807) is 18.3 Å². The van der Waals surface area contributed by atoms with Gasteiger partial charge in [0.15, 0.2) is 0 Å². The molecule has 1 fully saturated rings. The molecule has 1 aliphatic rings. The zero-order chi connectivity index (χ0) is 13.9. The van der Waals surface area contributed by atoms with E-state index in [2.05, 4.69) is 30.7 Å². The molecule has 1 saturated heterocycles. The number of pyridine rings is 1. The molecule has 0 unspecified atom stereocenters. The lowest BCUT2D eigenvalue weighted by Crippen LogP contribution is -2.30. The second-order valence-electron chi connectivity index (χ2n) is 5.53. The van der Waals surface area contributed by atoms with E-state index in [-0.39, 0.29) is 17.9 Å². The zero-order valence-electron chi connectivity index (χ0n) is 11.3. The van der Waals surface area contributed by atoms with Crippen molar-refractivity contribution in [2.75, 3.05) is 19.7 Å². The molecule has 1 aromatic heterocycles. The van der Waals surface area contributed by atoms with Crippen LogP contribution >= 0.6 is 0 Å². The Hall–Kier alpha value is -1.86. The van der Waals surface area contributed by atoms with Gasteiger partial charge in [-0.25, -0.2) is 4.98 Å². The zero-order valence-corrected chi connectivity index (χ0v) is 11.3. The van der Waals surface area contributed by atoms with E-state index in [9.17, 15) is 4.79 Å². The van der Waals surface area contributed by atoms with Crippen LogP contribution in [0.25, 0.3) is 0 Å². The lowest BCUT2D eigenvalue weighted by atomic mass is 9.93. The summed E-state index contributed by atoms with van der Waals surface area (Å²) in [6, 6.07) is 3.44. The van der Waals surface area contributed by atoms with Crippen molar-refractivity contribution in [3.63, 3.8) is 0 Å². The number of nitrogens with zero attached hydrogens (tertiary/aromatic N) is 2. The third-order valence-electron chi connectivity index (χ3n) is 3.26. The number of aliphatic hydroxyl groups is 1. The predicted octanol–water partition coefficient (Wildman–Crippen LogP) is 1.30. The van der Waals surface area contributed by atoms with E-state index < -0.39 is 0 Å². The molecule has 1 amide bonds. The summed E-state index contributed by atoms with van der Waals surface area (Å²) in [4.78, 5) is 18.2. The summed E-state index contributed by atoms with van der Waals surface area (Å²) in [5.41, 5.74) is 1.35. The Kier molecular flexibility index (Phi) is 3.87. The number of aromatic nitrogens is 1. The van der Waals surface area contributed by atoms with Crippen molar-refractivity contribution >= 4 is 5.91 Å². The normalized spacial score (nSPS) is 16.9. The number of hydrogen-bond donors (Lipinski definition) is 1. The molecule has 0 saturated carbocycles. The Balaban J connectivity index is 2.08. The minimum Gasteiger partial charge on any atom is -0.384 e. The Morgan fingerprint density at radius 1 is 1.53 bits per heavy atom. The third kappa shape index (κ3) is 3.33. The van der Waals surface area contributed by atoms with Crippen LogP contribution in [0, 0.1) is 17.3 Å². The quantitative estimate of drug-likeness (QED) is 0.772. The van der Waals surface area contributed by atoms with E-state index in [1.165, 1.54) is 0 Å². The molecule has 1 aliphatic heterocycles. The van der Waals surface area contributed by atoms with Crippen LogP contribution in [0.15, 0.2) is 18.3 Å². The maximum atomic E-state index is 12.2. The Labute approximate surface area is 113 Å². The van der Waals surface area contributed by atoms with Gasteiger partial charge in [0.1, 0.15) is 12.3 Å². The van der Waals surface area contributed by atoms with Gasteiger partial charge in [0.25, 0.3) is 5.91 Å². The Bertz CT molecular complexity index is 523. The van der Waals surface area contributed by atoms with Gasteiger partial charge in [0, 0.05) is 24.8 Å². The van der Waals surface area contributed by atoms with Crippen molar-refractivity contribution in [2.45, 2.75) is 20.3 Å². The summed E-state index contributed by atoms with van der Waals surface area (Å²) < 4.78 is 0. The van der Waals surface area contributed by atoms with Crippen LogP contribution in [0.4, 0.5) is 0 Å². The molecule has 1 N–H and O–H groups in total. The number of likely N-dealkylation sites (tertiary alicyclic amines) is 1. The molecule has 4 heteroatoms. The lowest BCUT2D eigenvalue weighted by molar-refractivity contribution is 0.0772. The van der Waals surface area contributed by atoms with Crippen LogP contribution in [0.3, 0.4) is 0 Å². The van der Waals surface area contributed by atoms with Gasteiger partial charge in [-0.2, -0.15) is 0 Å².